The van der Waals surface area contributed by atoms with Gasteiger partial charge in [-0.15, -0.1) is 11.3 Å². The van der Waals surface area contributed by atoms with E-state index in [-0.39, 0.29) is 12.1 Å². The molecule has 4 rings (SSSR count). The zero-order chi connectivity index (χ0) is 24.8. The lowest BCUT2D eigenvalue weighted by atomic mass is 10.00. The van der Waals surface area contributed by atoms with Crippen molar-refractivity contribution in [2.24, 2.45) is 0 Å². The number of ether oxygens (including phenoxy) is 2. The van der Waals surface area contributed by atoms with Crippen molar-refractivity contribution in [1.29, 1.82) is 0 Å². The van der Waals surface area contributed by atoms with E-state index in [9.17, 15) is 9.90 Å². The van der Waals surface area contributed by atoms with Gasteiger partial charge in [0.15, 0.2) is 6.61 Å². The molecule has 184 valence electrons. The first-order valence-corrected chi connectivity index (χ1v) is 12.2. The van der Waals surface area contributed by atoms with E-state index in [0.29, 0.717) is 24.2 Å². The van der Waals surface area contributed by atoms with Crippen LogP contribution >= 0.6 is 11.3 Å². The molecule has 4 aromatic rings. The highest BCUT2D eigenvalue weighted by atomic mass is 32.1. The molecule has 0 amide bonds. The number of imidazole rings is 1. The number of aliphatic carboxylic acids is 1. The number of fused-ring (bicyclic) bond motifs is 1. The van der Waals surface area contributed by atoms with Crippen LogP contribution in [0.5, 0.6) is 11.5 Å². The normalized spacial score (nSPS) is 12.5. The van der Waals surface area contributed by atoms with Gasteiger partial charge in [-0.2, -0.15) is 0 Å². The molecule has 0 radical (unpaired) electrons. The monoisotopic (exact) mass is 495 g/mol. The first-order valence-electron chi connectivity index (χ1n) is 11.3. The minimum atomic E-state index is -1.03. The maximum absolute atomic E-state index is 10.8. The number of carboxylic acids is 1. The Bertz CT molecular complexity index is 1270. The number of β-amino-alcohol motifs (C(OH)–C–C–N with tert-alkyl or cyclic N) is 1. The molecule has 3 N–H and O–H groups in total. The molecule has 3 aromatic heterocycles. The van der Waals surface area contributed by atoms with Crippen molar-refractivity contribution in [3.8, 4) is 21.9 Å². The van der Waals surface area contributed by atoms with Crippen molar-refractivity contribution in [3.05, 3.63) is 72.1 Å². The van der Waals surface area contributed by atoms with Gasteiger partial charge in [0.25, 0.3) is 0 Å². The summed E-state index contributed by atoms with van der Waals surface area (Å²) in [6, 6.07) is 15.4. The number of rotatable bonds is 12. The van der Waals surface area contributed by atoms with E-state index in [1.807, 2.05) is 66.2 Å². The molecular formula is C26H29N3O5S. The van der Waals surface area contributed by atoms with Gasteiger partial charge in [-0.1, -0.05) is 18.2 Å². The van der Waals surface area contributed by atoms with Crippen LogP contribution in [0, 0.1) is 0 Å². The van der Waals surface area contributed by atoms with E-state index in [4.69, 9.17) is 14.6 Å². The van der Waals surface area contributed by atoms with E-state index in [1.165, 1.54) is 0 Å². The molecule has 0 bridgehead atoms. The molecule has 0 aliphatic heterocycles. The molecular weight excluding hydrogens is 466 g/mol. The van der Waals surface area contributed by atoms with E-state index in [2.05, 4.69) is 10.3 Å². The van der Waals surface area contributed by atoms with Crippen molar-refractivity contribution >= 4 is 22.8 Å². The lowest BCUT2D eigenvalue weighted by Gasteiger charge is -2.27. The molecule has 3 heterocycles. The standard InChI is InChI=1S/C26H29N3O5S/c1-26(2,13-24-27-15-20-22(34-17-25(31)32)9-5-11-29(20)24)28-14-18(30)16-33-21-8-4-3-7-19(21)23-10-6-12-35-23/h3-12,15,18,28,30H,13-14,16-17H2,1-2H3,(H,31,32)/t18-/m0/s1. The number of aliphatic hydroxyl groups excluding tert-OH is 1. The van der Waals surface area contributed by atoms with E-state index < -0.39 is 18.7 Å². The number of thiophene rings is 1. The second-order valence-corrected chi connectivity index (χ2v) is 9.81. The van der Waals surface area contributed by atoms with E-state index >= 15 is 0 Å². The summed E-state index contributed by atoms with van der Waals surface area (Å²) < 4.78 is 13.2. The first kappa shape index (κ1) is 24.7. The number of hydrogen-bond donors (Lipinski definition) is 3. The van der Waals surface area contributed by atoms with Crippen LogP contribution in [-0.4, -0.2) is 57.0 Å². The third-order valence-electron chi connectivity index (χ3n) is 5.48. The van der Waals surface area contributed by atoms with Gasteiger partial charge in [-0.3, -0.25) is 0 Å². The molecule has 35 heavy (non-hydrogen) atoms. The van der Waals surface area contributed by atoms with Gasteiger partial charge in [0, 0.05) is 35.1 Å². The van der Waals surface area contributed by atoms with Gasteiger partial charge in [0.2, 0.25) is 0 Å². The Morgan fingerprint density at radius 2 is 1.94 bits per heavy atom. The summed E-state index contributed by atoms with van der Waals surface area (Å²) in [4.78, 5) is 16.5. The van der Waals surface area contributed by atoms with Gasteiger partial charge < -0.3 is 29.4 Å². The fraction of sp³-hybridized carbons (Fsp3) is 0.308. The van der Waals surface area contributed by atoms with Crippen molar-refractivity contribution in [2.45, 2.75) is 31.9 Å². The average molecular weight is 496 g/mol. The predicted molar refractivity (Wildman–Crippen MR) is 135 cm³/mol. The predicted octanol–water partition coefficient (Wildman–Crippen LogP) is 3.88. The summed E-state index contributed by atoms with van der Waals surface area (Å²) >= 11 is 1.65. The van der Waals surface area contributed by atoms with Crippen LogP contribution < -0.4 is 14.8 Å². The smallest absolute Gasteiger partial charge is 0.341 e. The highest BCUT2D eigenvalue weighted by Crippen LogP contribution is 2.33. The highest BCUT2D eigenvalue weighted by molar-refractivity contribution is 7.13. The number of aromatic nitrogens is 2. The summed E-state index contributed by atoms with van der Waals surface area (Å²) in [7, 11) is 0. The molecule has 0 fully saturated rings. The second-order valence-electron chi connectivity index (χ2n) is 8.86. The number of hydrogen-bond acceptors (Lipinski definition) is 7. The van der Waals surface area contributed by atoms with E-state index in [1.54, 1.807) is 29.7 Å². The van der Waals surface area contributed by atoms with Gasteiger partial charge in [0.05, 0.1) is 6.20 Å². The van der Waals surface area contributed by atoms with Crippen LogP contribution in [-0.2, 0) is 11.2 Å². The number of nitrogens with one attached hydrogen (secondary N) is 1. The molecule has 0 spiro atoms. The molecule has 0 unspecified atom stereocenters. The van der Waals surface area contributed by atoms with Crippen LogP contribution in [0.2, 0.25) is 0 Å². The molecule has 1 aromatic carbocycles. The quantitative estimate of drug-likeness (QED) is 0.274. The van der Waals surface area contributed by atoms with Crippen molar-refractivity contribution in [1.82, 2.24) is 14.7 Å². The van der Waals surface area contributed by atoms with Crippen LogP contribution in [0.4, 0.5) is 0 Å². The molecule has 0 saturated heterocycles. The maximum Gasteiger partial charge on any atom is 0.341 e. The van der Waals surface area contributed by atoms with Crippen molar-refractivity contribution in [2.75, 3.05) is 19.8 Å². The summed E-state index contributed by atoms with van der Waals surface area (Å²) in [6.45, 7) is 4.19. The lowest BCUT2D eigenvalue weighted by Crippen LogP contribution is -2.46. The Hall–Kier alpha value is -3.40. The Morgan fingerprint density at radius 3 is 2.71 bits per heavy atom. The number of para-hydroxylation sites is 1. The Morgan fingerprint density at radius 1 is 1.14 bits per heavy atom. The number of carbonyl (C=O) groups is 1. The van der Waals surface area contributed by atoms with Gasteiger partial charge in [-0.25, -0.2) is 9.78 Å². The molecule has 1 atom stereocenters. The summed E-state index contributed by atoms with van der Waals surface area (Å²) in [5.74, 6) is 0.983. The lowest BCUT2D eigenvalue weighted by molar-refractivity contribution is -0.139. The van der Waals surface area contributed by atoms with Crippen LogP contribution in [0.1, 0.15) is 19.7 Å². The van der Waals surface area contributed by atoms with Crippen LogP contribution in [0.25, 0.3) is 16.0 Å². The number of aliphatic hydroxyl groups is 1. The van der Waals surface area contributed by atoms with Gasteiger partial charge in [-0.05, 0) is 49.6 Å². The third-order valence-corrected chi connectivity index (χ3v) is 6.38. The molecule has 0 aliphatic rings. The fourth-order valence-corrected chi connectivity index (χ4v) is 4.52. The Kier molecular flexibility index (Phi) is 7.70. The number of carboxylic acid groups (broad SMARTS) is 1. The first-order chi connectivity index (χ1) is 16.8. The summed E-state index contributed by atoms with van der Waals surface area (Å²) in [5, 5.41) is 24.9. The van der Waals surface area contributed by atoms with Crippen molar-refractivity contribution < 1.29 is 24.5 Å². The Labute approximate surface area is 207 Å². The van der Waals surface area contributed by atoms with Gasteiger partial charge >= 0.3 is 5.97 Å². The number of nitrogens with zero attached hydrogens (tertiary/aromatic N) is 2. The minimum absolute atomic E-state index is 0.169. The molecule has 0 saturated carbocycles. The average Bonchev–Trinajstić information content (AvgIpc) is 3.51. The van der Waals surface area contributed by atoms with Crippen LogP contribution in [0.3, 0.4) is 0 Å². The fourth-order valence-electron chi connectivity index (χ4n) is 3.77. The second kappa shape index (κ2) is 10.9. The maximum atomic E-state index is 10.8. The SMILES string of the molecule is CC(C)(Cc1ncc2c(OCC(=O)O)cccn12)NC[C@H](O)COc1ccccc1-c1cccs1. The van der Waals surface area contributed by atoms with Crippen LogP contribution in [0.15, 0.2) is 66.3 Å². The zero-order valence-electron chi connectivity index (χ0n) is 19.7. The largest absolute Gasteiger partial charge is 0.490 e. The molecule has 8 nitrogen and oxygen atoms in total. The molecule has 9 heteroatoms. The summed E-state index contributed by atoms with van der Waals surface area (Å²) in [5.41, 5.74) is 1.35. The van der Waals surface area contributed by atoms with Crippen molar-refractivity contribution in [3.63, 3.8) is 0 Å². The number of benzene rings is 1. The van der Waals surface area contributed by atoms with E-state index in [0.717, 1.165) is 22.0 Å². The Balaban J connectivity index is 1.34. The third kappa shape index (κ3) is 6.39. The topological polar surface area (TPSA) is 105 Å². The van der Waals surface area contributed by atoms with Gasteiger partial charge in [0.1, 0.15) is 35.6 Å². The summed E-state index contributed by atoms with van der Waals surface area (Å²) in [6.07, 6.45) is 3.43. The molecule has 0 aliphatic carbocycles. The zero-order valence-corrected chi connectivity index (χ0v) is 20.5. The number of pyridine rings is 1. The highest BCUT2D eigenvalue weighted by Gasteiger charge is 2.23. The minimum Gasteiger partial charge on any atom is -0.490 e.